The number of aromatic nitrogens is 1. The molecule has 1 unspecified atom stereocenters. The molecule has 5 rings (SSSR count). The third-order valence-electron chi connectivity index (χ3n) is 6.85. The van der Waals surface area contributed by atoms with Crippen LogP contribution in [0.15, 0.2) is 30.5 Å². The number of carbonyl (C=O) groups excluding carboxylic acids is 3. The number of rotatable bonds is 5. The van der Waals surface area contributed by atoms with E-state index in [1.54, 1.807) is 0 Å². The van der Waals surface area contributed by atoms with Crippen LogP contribution in [0.25, 0.3) is 10.9 Å². The van der Waals surface area contributed by atoms with Crippen molar-refractivity contribution in [2.45, 2.75) is 31.2 Å². The lowest BCUT2D eigenvalue weighted by molar-refractivity contribution is -0.132. The van der Waals surface area contributed by atoms with E-state index in [1.807, 2.05) is 11.9 Å². The van der Waals surface area contributed by atoms with Gasteiger partial charge in [-0.1, -0.05) is 6.07 Å². The number of fused-ring (bicyclic) bond motifs is 1. The second-order valence-electron chi connectivity index (χ2n) is 8.66. The number of benzene rings is 1. The predicted octanol–water partition coefficient (Wildman–Crippen LogP) is 1.60. The summed E-state index contributed by atoms with van der Waals surface area (Å²) in [7, 11) is 2.05. The van der Waals surface area contributed by atoms with E-state index in [0.717, 1.165) is 25.9 Å². The first kappa shape index (κ1) is 19.0. The number of imide groups is 1. The Hall–Kier alpha value is -3.03. The van der Waals surface area contributed by atoms with Crippen molar-refractivity contribution in [2.75, 3.05) is 31.1 Å². The highest BCUT2D eigenvalue weighted by atomic mass is 16.2. The monoisotopic (exact) mass is 409 g/mol. The highest BCUT2D eigenvalue weighted by Crippen LogP contribution is 2.43. The number of hydrogen-bond acceptors (Lipinski definition) is 4. The van der Waals surface area contributed by atoms with Crippen LogP contribution >= 0.6 is 0 Å². The molecular formula is C22H27N5O3. The molecule has 1 aromatic carbocycles. The van der Waals surface area contributed by atoms with Gasteiger partial charge in [0.15, 0.2) is 0 Å². The van der Waals surface area contributed by atoms with E-state index in [9.17, 15) is 14.4 Å². The van der Waals surface area contributed by atoms with Gasteiger partial charge < -0.3 is 19.7 Å². The summed E-state index contributed by atoms with van der Waals surface area (Å²) in [6, 6.07) is 8.03. The Balaban J connectivity index is 1.21. The number of carbonyl (C=O) groups is 3. The lowest BCUT2D eigenvalue weighted by Gasteiger charge is -2.37. The van der Waals surface area contributed by atoms with Gasteiger partial charge >= 0.3 is 6.03 Å². The van der Waals surface area contributed by atoms with Gasteiger partial charge in [-0.3, -0.25) is 14.9 Å². The fourth-order valence-electron chi connectivity index (χ4n) is 4.97. The second-order valence-corrected chi connectivity index (χ2v) is 8.66. The molecular weight excluding hydrogens is 382 g/mol. The fourth-order valence-corrected chi connectivity index (χ4v) is 4.97. The maximum Gasteiger partial charge on any atom is 0.322 e. The van der Waals surface area contributed by atoms with Gasteiger partial charge in [-0.2, -0.15) is 0 Å². The van der Waals surface area contributed by atoms with Crippen LogP contribution < -0.4 is 15.5 Å². The van der Waals surface area contributed by atoms with Crippen molar-refractivity contribution < 1.29 is 14.4 Å². The molecule has 30 heavy (non-hydrogen) atoms. The molecule has 1 aromatic heterocycles. The molecule has 0 spiro atoms. The number of urea groups is 1. The molecule has 0 radical (unpaired) electrons. The maximum absolute atomic E-state index is 12.8. The molecule has 2 N–H and O–H groups in total. The van der Waals surface area contributed by atoms with Crippen LogP contribution in [0.4, 0.5) is 10.5 Å². The van der Waals surface area contributed by atoms with Gasteiger partial charge in [0.2, 0.25) is 5.91 Å². The van der Waals surface area contributed by atoms with Crippen LogP contribution in [0.3, 0.4) is 0 Å². The first-order valence-electron chi connectivity index (χ1n) is 10.7. The third-order valence-corrected chi connectivity index (χ3v) is 6.85. The zero-order chi connectivity index (χ0) is 20.9. The van der Waals surface area contributed by atoms with Gasteiger partial charge in [-0.15, -0.1) is 0 Å². The van der Waals surface area contributed by atoms with Crippen molar-refractivity contribution in [2.24, 2.45) is 13.0 Å². The van der Waals surface area contributed by atoms with E-state index >= 15 is 0 Å². The average molecular weight is 409 g/mol. The lowest BCUT2D eigenvalue weighted by Crippen LogP contribution is -2.51. The van der Waals surface area contributed by atoms with Crippen LogP contribution in [0, 0.1) is 5.92 Å². The number of nitrogens with zero attached hydrogens (tertiary/aromatic N) is 3. The summed E-state index contributed by atoms with van der Waals surface area (Å²) in [5.41, 5.74) is 1.52. The molecule has 8 heteroatoms. The maximum atomic E-state index is 12.8. The molecule has 3 aliphatic rings. The summed E-state index contributed by atoms with van der Waals surface area (Å²) in [6.45, 7) is 2.89. The number of nitrogens with one attached hydrogen (secondary N) is 2. The summed E-state index contributed by atoms with van der Waals surface area (Å²) < 4.78 is 2.12. The summed E-state index contributed by atoms with van der Waals surface area (Å²) >= 11 is 0. The van der Waals surface area contributed by atoms with E-state index < -0.39 is 11.6 Å². The molecule has 1 saturated carbocycles. The minimum atomic E-state index is -0.891. The molecule has 3 heterocycles. The van der Waals surface area contributed by atoms with E-state index in [2.05, 4.69) is 50.6 Å². The van der Waals surface area contributed by atoms with E-state index in [-0.39, 0.29) is 24.2 Å². The zero-order valence-corrected chi connectivity index (χ0v) is 17.2. The third kappa shape index (κ3) is 3.11. The van der Waals surface area contributed by atoms with Gasteiger partial charge in [-0.05, 0) is 43.4 Å². The van der Waals surface area contributed by atoms with Crippen molar-refractivity contribution >= 4 is 34.4 Å². The highest BCUT2D eigenvalue weighted by molar-refractivity contribution is 6.07. The van der Waals surface area contributed by atoms with Crippen molar-refractivity contribution in [1.82, 2.24) is 20.1 Å². The molecule has 3 fully saturated rings. The molecule has 4 amide bonds. The Kier molecular flexibility index (Phi) is 4.45. The van der Waals surface area contributed by atoms with Gasteiger partial charge in [0.05, 0.1) is 0 Å². The van der Waals surface area contributed by atoms with Crippen LogP contribution in [0.5, 0.6) is 0 Å². The smallest absolute Gasteiger partial charge is 0.322 e. The first-order valence-corrected chi connectivity index (χ1v) is 10.7. The predicted molar refractivity (Wildman–Crippen MR) is 113 cm³/mol. The number of amides is 4. The topological polar surface area (TPSA) is 86.7 Å². The number of aryl methyl sites for hydroxylation is 1. The van der Waals surface area contributed by atoms with Gasteiger partial charge in [0, 0.05) is 62.4 Å². The van der Waals surface area contributed by atoms with Crippen LogP contribution in [-0.4, -0.2) is 59.0 Å². The van der Waals surface area contributed by atoms with Crippen molar-refractivity contribution in [3.63, 3.8) is 0 Å². The molecule has 2 aromatic rings. The van der Waals surface area contributed by atoms with E-state index in [4.69, 9.17) is 0 Å². The number of hydrogen-bond donors (Lipinski definition) is 2. The van der Waals surface area contributed by atoms with Crippen molar-refractivity contribution in [1.29, 1.82) is 0 Å². The van der Waals surface area contributed by atoms with Gasteiger partial charge in [-0.25, -0.2) is 4.79 Å². The quantitative estimate of drug-likeness (QED) is 0.735. The van der Waals surface area contributed by atoms with E-state index in [0.29, 0.717) is 19.5 Å². The Morgan fingerprint density at radius 2 is 1.90 bits per heavy atom. The number of anilines is 1. The summed E-state index contributed by atoms with van der Waals surface area (Å²) in [5, 5.41) is 6.39. The Morgan fingerprint density at radius 3 is 2.57 bits per heavy atom. The summed E-state index contributed by atoms with van der Waals surface area (Å²) in [6.07, 6.45) is 4.56. The lowest BCUT2D eigenvalue weighted by atomic mass is 9.87. The summed E-state index contributed by atoms with van der Waals surface area (Å²) in [4.78, 5) is 41.1. The van der Waals surface area contributed by atoms with E-state index in [1.165, 1.54) is 16.6 Å². The van der Waals surface area contributed by atoms with Crippen LogP contribution in [0.2, 0.25) is 0 Å². The highest BCUT2D eigenvalue weighted by Gasteiger charge is 2.55. The standard InChI is InChI=1S/C22H27N5O3/c1-25-10-8-16-17(25)3-2-4-18(16)26-11-13-27(14-12-26)19(28)7-9-22(15-5-6-15)20(29)23-21(30)24-22/h2-4,8,10,15H,5-7,9,11-14H2,1H3,(H2,23,24,29,30). The molecule has 158 valence electrons. The first-order chi connectivity index (χ1) is 14.5. The molecule has 0 bridgehead atoms. The summed E-state index contributed by atoms with van der Waals surface area (Å²) in [5.74, 6) is -0.0647. The minimum absolute atomic E-state index is 0.0570. The zero-order valence-electron chi connectivity index (χ0n) is 17.2. The van der Waals surface area contributed by atoms with Crippen molar-refractivity contribution in [3.05, 3.63) is 30.5 Å². The minimum Gasteiger partial charge on any atom is -0.367 e. The molecule has 2 saturated heterocycles. The molecule has 1 aliphatic carbocycles. The van der Waals surface area contributed by atoms with Crippen molar-refractivity contribution in [3.8, 4) is 0 Å². The molecule has 8 nitrogen and oxygen atoms in total. The van der Waals surface area contributed by atoms with Gasteiger partial charge in [0.1, 0.15) is 5.54 Å². The van der Waals surface area contributed by atoms with Crippen LogP contribution in [0.1, 0.15) is 25.7 Å². The average Bonchev–Trinajstić information content (AvgIpc) is 3.48. The number of piperazine rings is 1. The van der Waals surface area contributed by atoms with Crippen LogP contribution in [-0.2, 0) is 16.6 Å². The Labute approximate surface area is 175 Å². The largest absolute Gasteiger partial charge is 0.367 e. The second kappa shape index (κ2) is 7.04. The van der Waals surface area contributed by atoms with Gasteiger partial charge in [0.25, 0.3) is 5.91 Å². The Bertz CT molecular complexity index is 1020. The Morgan fingerprint density at radius 1 is 1.13 bits per heavy atom. The molecule has 2 aliphatic heterocycles. The fraction of sp³-hybridized carbons (Fsp3) is 0.500. The molecule has 1 atom stereocenters. The SMILES string of the molecule is Cn1ccc2c(N3CCN(C(=O)CCC4(C5CC5)NC(=O)NC4=O)CC3)cccc21. The normalized spacial score (nSPS) is 24.3.